The molecule has 0 bridgehead atoms. The van der Waals surface area contributed by atoms with Crippen LogP contribution in [-0.2, 0) is 4.79 Å². The van der Waals surface area contributed by atoms with Crippen molar-refractivity contribution in [1.29, 1.82) is 0 Å². The molecule has 8 heteroatoms. The summed E-state index contributed by atoms with van der Waals surface area (Å²) in [4.78, 5) is 31.5. The smallest absolute Gasteiger partial charge is 0.274 e. The number of nitrogens with zero attached hydrogens (tertiary/aromatic N) is 3. The zero-order chi connectivity index (χ0) is 22.5. The number of rotatable bonds is 6. The minimum atomic E-state index is -0.106. The highest BCUT2D eigenvalue weighted by atomic mass is 16.5. The Morgan fingerprint density at radius 2 is 1.91 bits per heavy atom. The highest BCUT2D eigenvalue weighted by Gasteiger charge is 2.30. The fourth-order valence-corrected chi connectivity index (χ4v) is 4.81. The Hall–Kier alpha value is -2.90. The first kappa shape index (κ1) is 22.3. The summed E-state index contributed by atoms with van der Waals surface area (Å²) in [6.45, 7) is 3.40. The molecule has 2 aromatic heterocycles. The normalized spacial score (nSPS) is 21.9. The fraction of sp³-hybridized carbons (Fsp3) is 0.583. The standard InChI is InChI=1S/C24H33N5O3/c1-3-16-4-6-19(7-5-16)26-23(30)17-9-12-29(13-10-17)24(31)21-15-20(27-28-21)18-8-11-25-22(14-18)32-2/h8,11,14-17,19H,3-7,9-10,12-13H2,1-2H3,(H,26,30)(H,27,28)/t16-,19+. The molecule has 2 aromatic rings. The van der Waals surface area contributed by atoms with Crippen molar-refractivity contribution in [2.24, 2.45) is 11.8 Å². The summed E-state index contributed by atoms with van der Waals surface area (Å²) in [7, 11) is 1.56. The predicted molar refractivity (Wildman–Crippen MR) is 121 cm³/mol. The van der Waals surface area contributed by atoms with Crippen LogP contribution < -0.4 is 10.1 Å². The van der Waals surface area contributed by atoms with E-state index in [0.717, 1.165) is 30.0 Å². The summed E-state index contributed by atoms with van der Waals surface area (Å²) in [5, 5.41) is 10.4. The number of hydrogen-bond acceptors (Lipinski definition) is 5. The first-order valence-corrected chi connectivity index (χ1v) is 11.7. The van der Waals surface area contributed by atoms with Crippen LogP contribution in [-0.4, -0.2) is 58.1 Å². The molecule has 172 valence electrons. The largest absolute Gasteiger partial charge is 0.481 e. The van der Waals surface area contributed by atoms with Crippen LogP contribution in [0.3, 0.4) is 0 Å². The number of likely N-dealkylation sites (tertiary alicyclic amines) is 1. The quantitative estimate of drug-likeness (QED) is 0.718. The van der Waals surface area contributed by atoms with E-state index in [0.29, 0.717) is 43.5 Å². The Balaban J connectivity index is 1.28. The van der Waals surface area contributed by atoms with E-state index in [1.165, 1.54) is 19.3 Å². The third kappa shape index (κ3) is 5.11. The molecule has 1 aliphatic carbocycles. The number of H-pyrrole nitrogens is 1. The lowest BCUT2D eigenvalue weighted by molar-refractivity contribution is -0.127. The third-order valence-corrected chi connectivity index (χ3v) is 6.98. The Kier molecular flexibility index (Phi) is 7.07. The van der Waals surface area contributed by atoms with Crippen LogP contribution in [0.25, 0.3) is 11.3 Å². The number of amides is 2. The lowest BCUT2D eigenvalue weighted by atomic mass is 9.84. The molecule has 0 radical (unpaired) electrons. The van der Waals surface area contributed by atoms with Crippen LogP contribution in [0, 0.1) is 11.8 Å². The van der Waals surface area contributed by atoms with Gasteiger partial charge in [-0.25, -0.2) is 4.98 Å². The molecule has 8 nitrogen and oxygen atoms in total. The lowest BCUT2D eigenvalue weighted by Gasteiger charge is -2.33. The van der Waals surface area contributed by atoms with Crippen molar-refractivity contribution >= 4 is 11.8 Å². The Labute approximate surface area is 189 Å². The van der Waals surface area contributed by atoms with Gasteiger partial charge >= 0.3 is 0 Å². The van der Waals surface area contributed by atoms with E-state index in [1.807, 2.05) is 6.07 Å². The molecule has 0 spiro atoms. The van der Waals surface area contributed by atoms with Gasteiger partial charge in [-0.3, -0.25) is 14.7 Å². The van der Waals surface area contributed by atoms with Gasteiger partial charge in [-0.2, -0.15) is 5.10 Å². The number of ether oxygens (including phenoxy) is 1. The van der Waals surface area contributed by atoms with Crippen LogP contribution in [0.5, 0.6) is 5.88 Å². The van der Waals surface area contributed by atoms with Crippen LogP contribution >= 0.6 is 0 Å². The molecule has 1 saturated carbocycles. The minimum absolute atomic E-state index is 0.0121. The van der Waals surface area contributed by atoms with Crippen molar-refractivity contribution in [2.75, 3.05) is 20.2 Å². The van der Waals surface area contributed by atoms with Crippen molar-refractivity contribution < 1.29 is 14.3 Å². The highest BCUT2D eigenvalue weighted by Crippen LogP contribution is 2.28. The highest BCUT2D eigenvalue weighted by molar-refractivity contribution is 5.93. The molecule has 1 saturated heterocycles. The maximum atomic E-state index is 12.9. The second kappa shape index (κ2) is 10.1. The first-order chi connectivity index (χ1) is 15.6. The third-order valence-electron chi connectivity index (χ3n) is 6.98. The van der Waals surface area contributed by atoms with Crippen LogP contribution in [0.4, 0.5) is 0 Å². The van der Waals surface area contributed by atoms with E-state index in [-0.39, 0.29) is 17.7 Å². The first-order valence-electron chi connectivity index (χ1n) is 11.7. The zero-order valence-electron chi connectivity index (χ0n) is 19.0. The lowest BCUT2D eigenvalue weighted by Crippen LogP contribution is -2.46. The van der Waals surface area contributed by atoms with Gasteiger partial charge in [0.2, 0.25) is 11.8 Å². The molecule has 0 unspecified atom stereocenters. The van der Waals surface area contributed by atoms with Crippen molar-refractivity contribution in [1.82, 2.24) is 25.4 Å². The van der Waals surface area contributed by atoms with Crippen molar-refractivity contribution in [3.8, 4) is 17.1 Å². The van der Waals surface area contributed by atoms with E-state index < -0.39 is 0 Å². The van der Waals surface area contributed by atoms with Crippen molar-refractivity contribution in [2.45, 2.75) is 57.9 Å². The summed E-state index contributed by atoms with van der Waals surface area (Å²) in [5.74, 6) is 1.36. The monoisotopic (exact) mass is 439 g/mol. The maximum Gasteiger partial charge on any atom is 0.274 e. The average Bonchev–Trinajstić information content (AvgIpc) is 3.34. The predicted octanol–water partition coefficient (Wildman–Crippen LogP) is 3.42. The van der Waals surface area contributed by atoms with Crippen LogP contribution in [0.2, 0.25) is 0 Å². The second-order valence-electron chi connectivity index (χ2n) is 8.95. The topological polar surface area (TPSA) is 100 Å². The molecule has 4 rings (SSSR count). The number of methoxy groups -OCH3 is 1. The van der Waals surface area contributed by atoms with Gasteiger partial charge in [0.1, 0.15) is 0 Å². The number of carbonyl (C=O) groups excluding carboxylic acids is 2. The molecule has 2 amide bonds. The van der Waals surface area contributed by atoms with E-state index >= 15 is 0 Å². The van der Waals surface area contributed by atoms with Gasteiger partial charge in [0, 0.05) is 42.9 Å². The van der Waals surface area contributed by atoms with Crippen LogP contribution in [0.1, 0.15) is 62.4 Å². The fourth-order valence-electron chi connectivity index (χ4n) is 4.81. The molecule has 0 aromatic carbocycles. The van der Waals surface area contributed by atoms with Gasteiger partial charge in [0.15, 0.2) is 5.69 Å². The van der Waals surface area contributed by atoms with Gasteiger partial charge in [0.25, 0.3) is 5.91 Å². The number of aromatic nitrogens is 3. The second-order valence-corrected chi connectivity index (χ2v) is 8.95. The Bertz CT molecular complexity index is 927. The van der Waals surface area contributed by atoms with Crippen molar-refractivity contribution in [3.05, 3.63) is 30.1 Å². The van der Waals surface area contributed by atoms with Crippen molar-refractivity contribution in [3.63, 3.8) is 0 Å². The van der Waals surface area contributed by atoms with E-state index in [1.54, 1.807) is 30.3 Å². The van der Waals surface area contributed by atoms with E-state index in [9.17, 15) is 9.59 Å². The molecule has 2 N–H and O–H groups in total. The number of nitrogens with one attached hydrogen (secondary N) is 2. The minimum Gasteiger partial charge on any atom is -0.481 e. The van der Waals surface area contributed by atoms with Gasteiger partial charge in [-0.15, -0.1) is 0 Å². The summed E-state index contributed by atoms with van der Waals surface area (Å²) >= 11 is 0. The van der Waals surface area contributed by atoms with E-state index in [4.69, 9.17) is 4.74 Å². The number of aromatic amines is 1. The summed E-state index contributed by atoms with van der Waals surface area (Å²) < 4.78 is 5.16. The number of carbonyl (C=O) groups is 2. The number of hydrogen-bond donors (Lipinski definition) is 2. The average molecular weight is 440 g/mol. The SMILES string of the molecule is CC[C@H]1CC[C@@H](NC(=O)C2CCN(C(=O)c3cc(-c4ccnc(OC)c4)[nH]n3)CC2)CC1. The Morgan fingerprint density at radius 1 is 1.16 bits per heavy atom. The van der Waals surface area contributed by atoms with Gasteiger partial charge < -0.3 is 15.0 Å². The molecule has 2 aliphatic rings. The molecule has 2 fully saturated rings. The Morgan fingerprint density at radius 3 is 2.59 bits per heavy atom. The number of piperidine rings is 1. The summed E-state index contributed by atoms with van der Waals surface area (Å²) in [6, 6.07) is 5.70. The molecule has 1 aliphatic heterocycles. The molecule has 32 heavy (non-hydrogen) atoms. The van der Waals surface area contributed by atoms with Crippen LogP contribution in [0.15, 0.2) is 24.4 Å². The molecular formula is C24H33N5O3. The maximum absolute atomic E-state index is 12.9. The summed E-state index contributed by atoms with van der Waals surface area (Å²) in [5.41, 5.74) is 1.97. The number of pyridine rings is 1. The molecular weight excluding hydrogens is 406 g/mol. The summed E-state index contributed by atoms with van der Waals surface area (Å²) in [6.07, 6.45) is 8.89. The van der Waals surface area contributed by atoms with E-state index in [2.05, 4.69) is 27.4 Å². The van der Waals surface area contributed by atoms with Gasteiger partial charge in [-0.1, -0.05) is 13.3 Å². The zero-order valence-corrected chi connectivity index (χ0v) is 19.0. The van der Waals surface area contributed by atoms with Gasteiger partial charge in [-0.05, 0) is 56.6 Å². The molecule has 3 heterocycles. The molecule has 0 atom stereocenters. The van der Waals surface area contributed by atoms with Gasteiger partial charge in [0.05, 0.1) is 12.8 Å².